The first-order valence-corrected chi connectivity index (χ1v) is 8.79. The minimum absolute atomic E-state index is 0.0882. The highest BCUT2D eigenvalue weighted by Gasteiger charge is 2.32. The van der Waals surface area contributed by atoms with Crippen molar-refractivity contribution in [3.63, 3.8) is 0 Å². The zero-order valence-corrected chi connectivity index (χ0v) is 14.9. The molecule has 24 heavy (non-hydrogen) atoms. The number of hydrogen-bond acceptors (Lipinski definition) is 4. The molecule has 0 radical (unpaired) electrons. The molecule has 0 aliphatic rings. The standard InChI is InChI=1S/C18H22N2O3S/c1-4-18(5-2,11-14(21)22)20-16(23)15-12(3)19-17(24-15)13-9-7-6-8-10-13/h6-10H,4-5,11H2,1-3H3,(H,20,23)(H,21,22). The van der Waals surface area contributed by atoms with E-state index in [4.69, 9.17) is 5.11 Å². The van der Waals surface area contributed by atoms with Gasteiger partial charge in [0.1, 0.15) is 9.88 Å². The minimum atomic E-state index is -0.912. The van der Waals surface area contributed by atoms with Gasteiger partial charge in [0.2, 0.25) is 0 Å². The maximum atomic E-state index is 12.7. The molecule has 0 atom stereocenters. The van der Waals surface area contributed by atoms with E-state index in [1.54, 1.807) is 6.92 Å². The zero-order chi connectivity index (χ0) is 17.7. The fourth-order valence-corrected chi connectivity index (χ4v) is 3.59. The van der Waals surface area contributed by atoms with E-state index >= 15 is 0 Å². The van der Waals surface area contributed by atoms with Crippen molar-refractivity contribution in [3.05, 3.63) is 40.9 Å². The van der Waals surface area contributed by atoms with Gasteiger partial charge >= 0.3 is 5.97 Å². The highest BCUT2D eigenvalue weighted by Crippen LogP contribution is 2.29. The van der Waals surface area contributed by atoms with E-state index in [2.05, 4.69) is 10.3 Å². The largest absolute Gasteiger partial charge is 0.481 e. The van der Waals surface area contributed by atoms with Crippen LogP contribution in [0.25, 0.3) is 10.6 Å². The van der Waals surface area contributed by atoms with Crippen molar-refractivity contribution in [2.45, 2.75) is 45.6 Å². The summed E-state index contributed by atoms with van der Waals surface area (Å²) in [6.45, 7) is 5.58. The number of nitrogens with one attached hydrogen (secondary N) is 1. The maximum absolute atomic E-state index is 12.7. The predicted molar refractivity (Wildman–Crippen MR) is 95.3 cm³/mol. The molecule has 1 aromatic heterocycles. The number of carboxylic acid groups (broad SMARTS) is 1. The summed E-state index contributed by atoms with van der Waals surface area (Å²) >= 11 is 1.33. The van der Waals surface area contributed by atoms with Gasteiger partial charge in [-0.15, -0.1) is 11.3 Å². The highest BCUT2D eigenvalue weighted by atomic mass is 32.1. The fourth-order valence-electron chi connectivity index (χ4n) is 2.62. The van der Waals surface area contributed by atoms with Crippen molar-refractivity contribution >= 4 is 23.2 Å². The lowest BCUT2D eigenvalue weighted by Gasteiger charge is -2.31. The number of aromatic nitrogens is 1. The molecular weight excluding hydrogens is 324 g/mol. The van der Waals surface area contributed by atoms with Crippen molar-refractivity contribution < 1.29 is 14.7 Å². The number of aryl methyl sites for hydroxylation is 1. The second-order valence-electron chi connectivity index (χ2n) is 5.81. The third-order valence-corrected chi connectivity index (χ3v) is 5.45. The molecule has 128 valence electrons. The number of rotatable bonds is 7. The van der Waals surface area contributed by atoms with Crippen molar-refractivity contribution in [2.24, 2.45) is 0 Å². The summed E-state index contributed by atoms with van der Waals surface area (Å²) in [5.74, 6) is -1.16. The van der Waals surface area contributed by atoms with Gasteiger partial charge in [-0.05, 0) is 19.8 Å². The van der Waals surface area contributed by atoms with Gasteiger partial charge in [-0.3, -0.25) is 9.59 Å². The van der Waals surface area contributed by atoms with E-state index in [0.29, 0.717) is 23.4 Å². The lowest BCUT2D eigenvalue weighted by molar-refractivity contribution is -0.138. The summed E-state index contributed by atoms with van der Waals surface area (Å²) < 4.78 is 0. The number of hydrogen-bond donors (Lipinski definition) is 2. The van der Waals surface area contributed by atoms with Crippen LogP contribution in [0, 0.1) is 6.92 Å². The van der Waals surface area contributed by atoms with E-state index in [9.17, 15) is 9.59 Å². The van der Waals surface area contributed by atoms with Crippen LogP contribution in [-0.2, 0) is 4.79 Å². The van der Waals surface area contributed by atoms with Crippen LogP contribution in [0.2, 0.25) is 0 Å². The average molecular weight is 346 g/mol. The Morgan fingerprint density at radius 2 is 1.83 bits per heavy atom. The Hall–Kier alpha value is -2.21. The molecule has 0 unspecified atom stereocenters. The van der Waals surface area contributed by atoms with Gasteiger partial charge in [0, 0.05) is 5.56 Å². The van der Waals surface area contributed by atoms with Crippen LogP contribution in [0.15, 0.2) is 30.3 Å². The molecule has 2 N–H and O–H groups in total. The van der Waals surface area contributed by atoms with Crippen LogP contribution in [0.5, 0.6) is 0 Å². The third kappa shape index (κ3) is 4.00. The summed E-state index contributed by atoms with van der Waals surface area (Å²) in [5.41, 5.74) is 0.895. The van der Waals surface area contributed by atoms with Crippen molar-refractivity contribution in [1.82, 2.24) is 10.3 Å². The SMILES string of the molecule is CCC(CC)(CC(=O)O)NC(=O)c1sc(-c2ccccc2)nc1C. The summed E-state index contributed by atoms with van der Waals surface area (Å²) in [6.07, 6.45) is 1.03. The normalized spacial score (nSPS) is 11.3. The molecule has 1 heterocycles. The molecular formula is C18H22N2O3S. The zero-order valence-electron chi connectivity index (χ0n) is 14.1. The number of nitrogens with zero attached hydrogens (tertiary/aromatic N) is 1. The van der Waals surface area contributed by atoms with E-state index < -0.39 is 11.5 Å². The molecule has 2 rings (SSSR count). The Bertz CT molecular complexity index is 721. The number of carbonyl (C=O) groups excluding carboxylic acids is 1. The monoisotopic (exact) mass is 346 g/mol. The Kier molecular flexibility index (Phi) is 5.72. The Morgan fingerprint density at radius 3 is 2.38 bits per heavy atom. The summed E-state index contributed by atoms with van der Waals surface area (Å²) in [5, 5.41) is 12.9. The first kappa shape index (κ1) is 18.1. The van der Waals surface area contributed by atoms with Crippen molar-refractivity contribution in [3.8, 4) is 10.6 Å². The molecule has 0 spiro atoms. The quantitative estimate of drug-likeness (QED) is 0.797. The van der Waals surface area contributed by atoms with Crippen LogP contribution in [0.3, 0.4) is 0 Å². The number of carboxylic acids is 1. The van der Waals surface area contributed by atoms with Gasteiger partial charge in [-0.1, -0.05) is 44.2 Å². The number of amides is 1. The number of carbonyl (C=O) groups is 2. The van der Waals surface area contributed by atoms with Crippen LogP contribution in [0.4, 0.5) is 0 Å². The molecule has 1 amide bonds. The van der Waals surface area contributed by atoms with E-state index in [0.717, 1.165) is 10.6 Å². The number of thiazole rings is 1. The topological polar surface area (TPSA) is 79.3 Å². The summed E-state index contributed by atoms with van der Waals surface area (Å²) in [6, 6.07) is 9.69. The molecule has 0 fully saturated rings. The number of aliphatic carboxylic acids is 1. The molecule has 0 saturated heterocycles. The van der Waals surface area contributed by atoms with Gasteiger partial charge in [0.15, 0.2) is 0 Å². The second-order valence-corrected chi connectivity index (χ2v) is 6.81. The molecule has 5 nitrogen and oxygen atoms in total. The molecule has 1 aromatic carbocycles. The Labute approximate surface area is 145 Å². The molecule has 0 aliphatic carbocycles. The van der Waals surface area contributed by atoms with Crippen molar-refractivity contribution in [1.29, 1.82) is 0 Å². The molecule has 0 saturated carbocycles. The van der Waals surface area contributed by atoms with E-state index in [1.807, 2.05) is 44.2 Å². The van der Waals surface area contributed by atoms with Crippen LogP contribution >= 0.6 is 11.3 Å². The van der Waals surface area contributed by atoms with Gasteiger partial charge in [-0.25, -0.2) is 4.98 Å². The van der Waals surface area contributed by atoms with Crippen molar-refractivity contribution in [2.75, 3.05) is 0 Å². The van der Waals surface area contributed by atoms with Gasteiger partial charge in [0.25, 0.3) is 5.91 Å². The van der Waals surface area contributed by atoms with Gasteiger partial charge in [-0.2, -0.15) is 0 Å². The Balaban J connectivity index is 2.26. The first-order chi connectivity index (χ1) is 11.4. The smallest absolute Gasteiger partial charge is 0.305 e. The lowest BCUT2D eigenvalue weighted by Crippen LogP contribution is -2.49. The summed E-state index contributed by atoms with van der Waals surface area (Å²) in [4.78, 5) is 28.9. The van der Waals surface area contributed by atoms with Crippen LogP contribution < -0.4 is 5.32 Å². The van der Waals surface area contributed by atoms with Crippen LogP contribution in [0.1, 0.15) is 48.5 Å². The molecule has 0 aliphatic heterocycles. The lowest BCUT2D eigenvalue weighted by atomic mass is 9.89. The number of benzene rings is 1. The first-order valence-electron chi connectivity index (χ1n) is 7.98. The van der Waals surface area contributed by atoms with E-state index in [1.165, 1.54) is 11.3 Å². The van der Waals surface area contributed by atoms with Crippen LogP contribution in [-0.4, -0.2) is 27.5 Å². The predicted octanol–water partition coefficient (Wildman–Crippen LogP) is 3.88. The maximum Gasteiger partial charge on any atom is 0.305 e. The molecule has 0 bridgehead atoms. The third-order valence-electron chi connectivity index (χ3n) is 4.25. The highest BCUT2D eigenvalue weighted by molar-refractivity contribution is 7.17. The minimum Gasteiger partial charge on any atom is -0.481 e. The van der Waals surface area contributed by atoms with Gasteiger partial charge < -0.3 is 10.4 Å². The molecule has 6 heteroatoms. The fraction of sp³-hybridized carbons (Fsp3) is 0.389. The van der Waals surface area contributed by atoms with E-state index in [-0.39, 0.29) is 12.3 Å². The summed E-state index contributed by atoms with van der Waals surface area (Å²) in [7, 11) is 0. The average Bonchev–Trinajstić information content (AvgIpc) is 2.96. The Morgan fingerprint density at radius 1 is 1.21 bits per heavy atom. The molecule has 2 aromatic rings. The van der Waals surface area contributed by atoms with Gasteiger partial charge in [0.05, 0.1) is 17.7 Å². The second kappa shape index (κ2) is 7.57.